The van der Waals surface area contributed by atoms with Gasteiger partial charge in [0, 0.05) is 28.9 Å². The minimum Gasteiger partial charge on any atom is -0.339 e. The van der Waals surface area contributed by atoms with Gasteiger partial charge in [0.15, 0.2) is 0 Å². The first-order valence-electron chi connectivity index (χ1n) is 9.85. The van der Waals surface area contributed by atoms with Gasteiger partial charge in [0.05, 0.1) is 13.1 Å². The Morgan fingerprint density at radius 3 is 2.03 bits per heavy atom. The normalized spacial score (nSPS) is 11.6. The van der Waals surface area contributed by atoms with Crippen LogP contribution < -0.4 is 27.2 Å². The third-order valence-electron chi connectivity index (χ3n) is 4.25. The number of hydroxylamine groups is 1. The molecule has 0 heterocycles. The molecule has 2 aromatic carbocycles. The molecular formula is C22H22F3N5O4. The van der Waals surface area contributed by atoms with E-state index in [9.17, 15) is 27.6 Å². The molecule has 3 amide bonds. The van der Waals surface area contributed by atoms with Crippen LogP contribution in [-0.2, 0) is 9.59 Å². The minimum absolute atomic E-state index is 0.195. The summed E-state index contributed by atoms with van der Waals surface area (Å²) < 4.78 is 36.2. The molecule has 34 heavy (non-hydrogen) atoms. The fourth-order valence-corrected chi connectivity index (χ4v) is 2.56. The van der Waals surface area contributed by atoms with E-state index in [-0.39, 0.29) is 12.1 Å². The number of hydrogen-bond donors (Lipinski definition) is 6. The maximum atomic E-state index is 12.2. The van der Waals surface area contributed by atoms with E-state index in [4.69, 9.17) is 10.9 Å². The highest BCUT2D eigenvalue weighted by molar-refractivity contribution is 5.97. The molecule has 0 aliphatic carbocycles. The summed E-state index contributed by atoms with van der Waals surface area (Å²) in [6.07, 6.45) is -4.39. The zero-order chi connectivity index (χ0) is 25.1. The Morgan fingerprint density at radius 1 is 0.971 bits per heavy atom. The van der Waals surface area contributed by atoms with Gasteiger partial charge in [-0.05, 0) is 48.5 Å². The van der Waals surface area contributed by atoms with Crippen LogP contribution in [0.1, 0.15) is 21.5 Å². The topological polar surface area (TPSA) is 146 Å². The zero-order valence-corrected chi connectivity index (χ0v) is 17.7. The Bertz CT molecular complexity index is 1060. The lowest BCUT2D eigenvalue weighted by Crippen LogP contribution is -2.50. The summed E-state index contributed by atoms with van der Waals surface area (Å²) in [6, 6.07) is 11.5. The molecule has 0 saturated heterocycles. The highest BCUT2D eigenvalue weighted by Gasteiger charge is 2.26. The van der Waals surface area contributed by atoms with Crippen molar-refractivity contribution in [3.8, 4) is 11.8 Å². The summed E-state index contributed by atoms with van der Waals surface area (Å²) in [7, 11) is 0. The minimum atomic E-state index is -4.39. The number of halogens is 3. The third-order valence-corrected chi connectivity index (χ3v) is 4.25. The average molecular weight is 477 g/mol. The van der Waals surface area contributed by atoms with Gasteiger partial charge in [0.2, 0.25) is 5.91 Å². The van der Waals surface area contributed by atoms with Gasteiger partial charge >= 0.3 is 6.18 Å². The summed E-state index contributed by atoms with van der Waals surface area (Å²) in [5, 5.41) is 15.5. The first kappa shape index (κ1) is 26.3. The smallest absolute Gasteiger partial charge is 0.339 e. The molecule has 9 nitrogen and oxygen atoms in total. The lowest BCUT2D eigenvalue weighted by atomic mass is 10.1. The number of benzene rings is 2. The number of carbonyl (C=O) groups excluding carboxylic acids is 3. The number of nitrogens with one attached hydrogen (secondary N) is 4. The van der Waals surface area contributed by atoms with E-state index >= 15 is 0 Å². The Labute approximate surface area is 192 Å². The Morgan fingerprint density at radius 2 is 1.53 bits per heavy atom. The molecule has 2 rings (SSSR count). The molecular weight excluding hydrogens is 455 g/mol. The first-order chi connectivity index (χ1) is 16.1. The number of alkyl halides is 3. The van der Waals surface area contributed by atoms with E-state index < -0.39 is 43.0 Å². The molecule has 0 bridgehead atoms. The van der Waals surface area contributed by atoms with Crippen LogP contribution in [0.15, 0.2) is 48.5 Å². The van der Waals surface area contributed by atoms with Crippen LogP contribution in [0.5, 0.6) is 0 Å². The number of nitrogens with two attached hydrogens (primary N) is 1. The molecule has 0 radical (unpaired) electrons. The number of rotatable bonds is 8. The standard InChI is InChI=1S/C22H22F3N5O4/c23-22(24,25)13-27-12-19(31)28-17-9-5-15(6-10-17)2-1-14-3-7-16(8-4-14)20(32)29-18(11-26)21(33)30-34/h3-10,18,27,34H,11-13,26H2,(H,28,31)(H,29,32)(H,30,33)/t18-/m0/s1. The van der Waals surface area contributed by atoms with E-state index in [2.05, 4.69) is 22.5 Å². The molecule has 0 aromatic heterocycles. The molecule has 12 heteroatoms. The average Bonchev–Trinajstić information content (AvgIpc) is 2.81. The maximum absolute atomic E-state index is 12.2. The number of hydrogen-bond acceptors (Lipinski definition) is 6. The van der Waals surface area contributed by atoms with Crippen LogP contribution in [0, 0.1) is 11.8 Å². The van der Waals surface area contributed by atoms with E-state index in [1.165, 1.54) is 17.6 Å². The van der Waals surface area contributed by atoms with Gasteiger partial charge in [-0.2, -0.15) is 13.2 Å². The van der Waals surface area contributed by atoms with Gasteiger partial charge in [-0.3, -0.25) is 19.6 Å². The van der Waals surface area contributed by atoms with Gasteiger partial charge in [-0.25, -0.2) is 5.48 Å². The lowest BCUT2D eigenvalue weighted by molar-refractivity contribution is -0.131. The van der Waals surface area contributed by atoms with Crippen LogP contribution in [0.25, 0.3) is 0 Å². The van der Waals surface area contributed by atoms with Crippen LogP contribution in [-0.4, -0.2) is 54.8 Å². The number of amides is 3. The molecule has 0 fully saturated rings. The fraction of sp³-hybridized carbons (Fsp3) is 0.227. The Balaban J connectivity index is 1.91. The summed E-state index contributed by atoms with van der Waals surface area (Å²) in [4.78, 5) is 35.2. The van der Waals surface area contributed by atoms with Crippen LogP contribution >= 0.6 is 0 Å². The molecule has 7 N–H and O–H groups in total. The van der Waals surface area contributed by atoms with Crippen molar-refractivity contribution in [3.63, 3.8) is 0 Å². The monoisotopic (exact) mass is 477 g/mol. The van der Waals surface area contributed by atoms with Gasteiger partial charge in [0.25, 0.3) is 11.8 Å². The van der Waals surface area contributed by atoms with Crippen LogP contribution in [0.4, 0.5) is 18.9 Å². The summed E-state index contributed by atoms with van der Waals surface area (Å²) >= 11 is 0. The van der Waals surface area contributed by atoms with E-state index in [1.54, 1.807) is 36.4 Å². The molecule has 0 aliphatic rings. The molecule has 0 unspecified atom stereocenters. The molecule has 2 aromatic rings. The molecule has 0 aliphatic heterocycles. The Hall–Kier alpha value is -3.92. The van der Waals surface area contributed by atoms with Gasteiger partial charge in [-0.15, -0.1) is 0 Å². The first-order valence-corrected chi connectivity index (χ1v) is 9.85. The SMILES string of the molecule is NC[C@H](NC(=O)c1ccc(C#Cc2ccc(NC(=O)CNCC(F)(F)F)cc2)cc1)C(=O)NO. The van der Waals surface area contributed by atoms with E-state index in [0.29, 0.717) is 16.8 Å². The van der Waals surface area contributed by atoms with Crippen molar-refractivity contribution in [3.05, 3.63) is 65.2 Å². The Kier molecular flexibility index (Phi) is 9.57. The predicted octanol–water partition coefficient (Wildman–Crippen LogP) is 0.739. The molecule has 180 valence electrons. The summed E-state index contributed by atoms with van der Waals surface area (Å²) in [5.74, 6) is 3.82. The quantitative estimate of drug-likeness (QED) is 0.188. The number of anilines is 1. The van der Waals surface area contributed by atoms with Gasteiger partial charge in [-0.1, -0.05) is 11.8 Å². The largest absolute Gasteiger partial charge is 0.401 e. The summed E-state index contributed by atoms with van der Waals surface area (Å²) in [6.45, 7) is -1.93. The molecule has 1 atom stereocenters. The van der Waals surface area contributed by atoms with Crippen LogP contribution in [0.3, 0.4) is 0 Å². The predicted molar refractivity (Wildman–Crippen MR) is 117 cm³/mol. The van der Waals surface area contributed by atoms with Gasteiger partial charge in [0.1, 0.15) is 6.04 Å². The second kappa shape index (κ2) is 12.4. The van der Waals surface area contributed by atoms with Crippen molar-refractivity contribution in [1.82, 2.24) is 16.1 Å². The van der Waals surface area contributed by atoms with Crippen molar-refractivity contribution in [2.24, 2.45) is 5.73 Å². The second-order valence-corrected chi connectivity index (χ2v) is 6.91. The van der Waals surface area contributed by atoms with Crippen LogP contribution in [0.2, 0.25) is 0 Å². The number of carbonyl (C=O) groups is 3. The zero-order valence-electron chi connectivity index (χ0n) is 17.7. The van der Waals surface area contributed by atoms with Crippen molar-refractivity contribution in [1.29, 1.82) is 0 Å². The van der Waals surface area contributed by atoms with Crippen molar-refractivity contribution in [2.75, 3.05) is 25.0 Å². The highest BCUT2D eigenvalue weighted by atomic mass is 19.4. The summed E-state index contributed by atoms with van der Waals surface area (Å²) in [5.41, 5.74) is 8.72. The van der Waals surface area contributed by atoms with Gasteiger partial charge < -0.3 is 21.7 Å². The third kappa shape index (κ3) is 8.91. The molecule has 0 saturated carbocycles. The van der Waals surface area contributed by atoms with Crippen molar-refractivity contribution in [2.45, 2.75) is 12.2 Å². The van der Waals surface area contributed by atoms with E-state index in [1.807, 2.05) is 5.32 Å². The maximum Gasteiger partial charge on any atom is 0.401 e. The highest BCUT2D eigenvalue weighted by Crippen LogP contribution is 2.12. The lowest BCUT2D eigenvalue weighted by Gasteiger charge is -2.14. The van der Waals surface area contributed by atoms with E-state index in [0.717, 1.165) is 0 Å². The second-order valence-electron chi connectivity index (χ2n) is 6.91. The fourth-order valence-electron chi connectivity index (χ4n) is 2.56. The molecule has 0 spiro atoms. The van der Waals surface area contributed by atoms with Crippen molar-refractivity contribution < 1.29 is 32.8 Å². The van der Waals surface area contributed by atoms with Crippen molar-refractivity contribution >= 4 is 23.4 Å².